The highest BCUT2D eigenvalue weighted by molar-refractivity contribution is 7.21. The second kappa shape index (κ2) is 6.25. The minimum atomic E-state index is -0.113. The van der Waals surface area contributed by atoms with Gasteiger partial charge in [0.05, 0.1) is 28.9 Å². The Bertz CT molecular complexity index is 1340. The molecule has 2 N–H and O–H groups in total. The number of ketones is 2. The molecule has 1 aliphatic carbocycles. The van der Waals surface area contributed by atoms with Gasteiger partial charge < -0.3 is 10.5 Å². The van der Waals surface area contributed by atoms with Crippen molar-refractivity contribution < 1.29 is 14.3 Å². The summed E-state index contributed by atoms with van der Waals surface area (Å²) in [6.07, 6.45) is 0. The SMILES string of the molecule is COc1ccc(-c2c3c(nc4sc(C(C)=O)c(N)c24)-c2ccccc2C3=O)cc1. The fourth-order valence-corrected chi connectivity index (χ4v) is 4.90. The lowest BCUT2D eigenvalue weighted by Gasteiger charge is -2.11. The van der Waals surface area contributed by atoms with Gasteiger partial charge in [-0.2, -0.15) is 0 Å². The van der Waals surface area contributed by atoms with Crippen LogP contribution in [0.4, 0.5) is 5.69 Å². The number of Topliss-reactive ketones (excluding diaryl/α,β-unsaturated/α-hetero) is 1. The Balaban J connectivity index is 1.93. The van der Waals surface area contributed by atoms with Crippen LogP contribution in [0.1, 0.15) is 32.5 Å². The number of nitrogens with zero attached hydrogens (tertiary/aromatic N) is 1. The molecule has 0 atom stereocenters. The third-order valence-corrected chi connectivity index (χ3v) is 6.43. The summed E-state index contributed by atoms with van der Waals surface area (Å²) < 4.78 is 5.27. The molecule has 0 saturated heterocycles. The number of carbonyl (C=O) groups excluding carboxylic acids is 2. The summed E-state index contributed by atoms with van der Waals surface area (Å²) in [4.78, 5) is 31.3. The summed E-state index contributed by atoms with van der Waals surface area (Å²) in [5, 5.41) is 0.658. The van der Waals surface area contributed by atoms with Gasteiger partial charge in [0.15, 0.2) is 11.6 Å². The number of pyridine rings is 1. The van der Waals surface area contributed by atoms with E-state index in [1.165, 1.54) is 18.3 Å². The van der Waals surface area contributed by atoms with Crippen molar-refractivity contribution in [2.24, 2.45) is 0 Å². The number of methoxy groups -OCH3 is 1. The van der Waals surface area contributed by atoms with Crippen LogP contribution in [0.25, 0.3) is 32.6 Å². The molecule has 2 heterocycles. The molecule has 0 radical (unpaired) electrons. The number of fused-ring (bicyclic) bond motifs is 4. The molecular weight excluding hydrogens is 384 g/mol. The number of thiophene rings is 1. The van der Waals surface area contributed by atoms with Crippen molar-refractivity contribution in [3.63, 3.8) is 0 Å². The molecule has 0 fully saturated rings. The molecule has 0 saturated carbocycles. The zero-order valence-electron chi connectivity index (χ0n) is 15.8. The molecule has 4 aromatic rings. The maximum absolute atomic E-state index is 13.3. The number of aromatic nitrogens is 1. The van der Waals surface area contributed by atoms with Gasteiger partial charge in [-0.25, -0.2) is 4.98 Å². The minimum absolute atomic E-state index is 0.0780. The second-order valence-corrected chi connectivity index (χ2v) is 7.89. The van der Waals surface area contributed by atoms with Crippen LogP contribution < -0.4 is 10.5 Å². The Labute approximate surface area is 170 Å². The molecule has 5 nitrogen and oxygen atoms in total. The smallest absolute Gasteiger partial charge is 0.196 e. The Kier molecular flexibility index (Phi) is 3.79. The van der Waals surface area contributed by atoms with Crippen LogP contribution in [0.15, 0.2) is 48.5 Å². The van der Waals surface area contributed by atoms with Crippen molar-refractivity contribution in [1.82, 2.24) is 4.98 Å². The van der Waals surface area contributed by atoms with E-state index in [-0.39, 0.29) is 11.6 Å². The highest BCUT2D eigenvalue weighted by Crippen LogP contribution is 2.48. The normalized spacial score (nSPS) is 12.1. The number of ether oxygens (including phenoxy) is 1. The van der Waals surface area contributed by atoms with Gasteiger partial charge in [0.1, 0.15) is 10.6 Å². The molecule has 5 rings (SSSR count). The molecule has 2 aromatic carbocycles. The van der Waals surface area contributed by atoms with E-state index in [4.69, 9.17) is 15.5 Å². The minimum Gasteiger partial charge on any atom is -0.497 e. The first-order chi connectivity index (χ1) is 14.0. The van der Waals surface area contributed by atoms with Crippen LogP contribution in [0.5, 0.6) is 5.75 Å². The van der Waals surface area contributed by atoms with Gasteiger partial charge in [0, 0.05) is 29.0 Å². The quantitative estimate of drug-likeness (QED) is 0.433. The van der Waals surface area contributed by atoms with Gasteiger partial charge in [-0.05, 0) is 17.7 Å². The molecule has 0 aliphatic heterocycles. The highest BCUT2D eigenvalue weighted by Gasteiger charge is 2.34. The highest BCUT2D eigenvalue weighted by atomic mass is 32.1. The molecule has 1 aliphatic rings. The lowest BCUT2D eigenvalue weighted by atomic mass is 9.94. The number of nitrogen functional groups attached to an aromatic ring is 1. The Morgan fingerprint density at radius 1 is 1.03 bits per heavy atom. The number of hydrogen-bond acceptors (Lipinski definition) is 6. The molecule has 142 valence electrons. The van der Waals surface area contributed by atoms with Gasteiger partial charge in [-0.15, -0.1) is 11.3 Å². The summed E-state index contributed by atoms with van der Waals surface area (Å²) in [6.45, 7) is 1.49. The van der Waals surface area contributed by atoms with Crippen molar-refractivity contribution in [2.75, 3.05) is 12.8 Å². The molecule has 6 heteroatoms. The van der Waals surface area contributed by atoms with Gasteiger partial charge in [-0.1, -0.05) is 36.4 Å². The largest absolute Gasteiger partial charge is 0.497 e. The predicted octanol–water partition coefficient (Wildman–Crippen LogP) is 4.97. The van der Waals surface area contributed by atoms with Crippen LogP contribution >= 0.6 is 11.3 Å². The first-order valence-electron chi connectivity index (χ1n) is 9.06. The van der Waals surface area contributed by atoms with Crippen LogP contribution in [0.3, 0.4) is 0 Å². The second-order valence-electron chi connectivity index (χ2n) is 6.89. The van der Waals surface area contributed by atoms with Crippen LogP contribution in [-0.4, -0.2) is 23.7 Å². The lowest BCUT2D eigenvalue weighted by Crippen LogP contribution is -2.01. The topological polar surface area (TPSA) is 82.3 Å². The molecule has 0 bridgehead atoms. The Hall–Kier alpha value is -3.51. The average Bonchev–Trinajstić information content (AvgIpc) is 3.22. The maximum Gasteiger partial charge on any atom is 0.196 e. The van der Waals surface area contributed by atoms with Crippen LogP contribution in [0, 0.1) is 0 Å². The Morgan fingerprint density at radius 2 is 1.72 bits per heavy atom. The standard InChI is InChI=1S/C23H16N2O3S/c1-11(26)22-19(24)17-16(12-7-9-13(28-2)10-8-12)18-20(25-23(17)29-22)14-5-3-4-6-15(14)21(18)27/h3-10H,24H2,1-2H3. The van der Waals surface area contributed by atoms with E-state index in [1.807, 2.05) is 48.5 Å². The van der Waals surface area contributed by atoms with Crippen molar-refractivity contribution in [3.05, 3.63) is 64.5 Å². The van der Waals surface area contributed by atoms with Gasteiger partial charge in [0.2, 0.25) is 0 Å². The first kappa shape index (κ1) is 17.6. The lowest BCUT2D eigenvalue weighted by molar-refractivity contribution is 0.101. The number of anilines is 1. The fraction of sp³-hybridized carbons (Fsp3) is 0.0870. The molecule has 2 aromatic heterocycles. The van der Waals surface area contributed by atoms with E-state index in [0.717, 1.165) is 16.7 Å². The first-order valence-corrected chi connectivity index (χ1v) is 9.88. The maximum atomic E-state index is 13.3. The van der Waals surface area contributed by atoms with E-state index in [9.17, 15) is 9.59 Å². The van der Waals surface area contributed by atoms with Crippen molar-refractivity contribution in [3.8, 4) is 28.1 Å². The number of benzene rings is 2. The zero-order valence-corrected chi connectivity index (χ0v) is 16.6. The van der Waals surface area contributed by atoms with Crippen LogP contribution in [0.2, 0.25) is 0 Å². The summed E-state index contributed by atoms with van der Waals surface area (Å²) in [5.74, 6) is 0.525. The fourth-order valence-electron chi connectivity index (χ4n) is 3.90. The van der Waals surface area contributed by atoms with Gasteiger partial charge in [-0.3, -0.25) is 9.59 Å². The van der Waals surface area contributed by atoms with E-state index >= 15 is 0 Å². The van der Waals surface area contributed by atoms with Crippen LogP contribution in [-0.2, 0) is 0 Å². The van der Waals surface area contributed by atoms with Gasteiger partial charge >= 0.3 is 0 Å². The summed E-state index contributed by atoms with van der Waals surface area (Å²) in [5.41, 5.74) is 10.9. The van der Waals surface area contributed by atoms with E-state index in [0.29, 0.717) is 43.4 Å². The number of rotatable bonds is 3. The molecule has 0 spiro atoms. The van der Waals surface area contributed by atoms with E-state index in [1.54, 1.807) is 7.11 Å². The van der Waals surface area contributed by atoms with Crippen molar-refractivity contribution in [1.29, 1.82) is 0 Å². The number of carbonyl (C=O) groups is 2. The van der Waals surface area contributed by atoms with Crippen molar-refractivity contribution in [2.45, 2.75) is 6.92 Å². The summed E-state index contributed by atoms with van der Waals surface area (Å²) in [6, 6.07) is 14.9. The number of nitrogens with two attached hydrogens (primary N) is 1. The van der Waals surface area contributed by atoms with E-state index in [2.05, 4.69) is 0 Å². The molecular formula is C23H16N2O3S. The predicted molar refractivity (Wildman–Crippen MR) is 115 cm³/mol. The Morgan fingerprint density at radius 3 is 2.38 bits per heavy atom. The zero-order chi connectivity index (χ0) is 20.3. The third kappa shape index (κ3) is 2.42. The molecule has 29 heavy (non-hydrogen) atoms. The molecule has 0 unspecified atom stereocenters. The molecule has 0 amide bonds. The number of hydrogen-bond donors (Lipinski definition) is 1. The third-order valence-electron chi connectivity index (χ3n) is 5.23. The monoisotopic (exact) mass is 400 g/mol. The summed E-state index contributed by atoms with van der Waals surface area (Å²) in [7, 11) is 1.60. The van der Waals surface area contributed by atoms with Gasteiger partial charge in [0.25, 0.3) is 0 Å². The van der Waals surface area contributed by atoms with Crippen molar-refractivity contribution >= 4 is 38.8 Å². The average molecular weight is 400 g/mol. The van der Waals surface area contributed by atoms with E-state index < -0.39 is 0 Å². The summed E-state index contributed by atoms with van der Waals surface area (Å²) >= 11 is 1.27.